The van der Waals surface area contributed by atoms with Crippen LogP contribution in [0.2, 0.25) is 0 Å². The number of anilines is 1. The van der Waals surface area contributed by atoms with E-state index < -0.39 is 0 Å². The van der Waals surface area contributed by atoms with Gasteiger partial charge in [0.1, 0.15) is 5.82 Å². The van der Waals surface area contributed by atoms with Gasteiger partial charge in [-0.15, -0.1) is 11.8 Å². The molecule has 0 spiro atoms. The Hall–Kier alpha value is -2.83. The number of rotatable bonds is 6. The second-order valence-corrected chi connectivity index (χ2v) is 9.05. The van der Waals surface area contributed by atoms with Crippen molar-refractivity contribution in [1.29, 1.82) is 0 Å². The van der Waals surface area contributed by atoms with E-state index in [4.69, 9.17) is 4.74 Å². The van der Waals surface area contributed by atoms with Gasteiger partial charge < -0.3 is 14.5 Å². The lowest BCUT2D eigenvalue weighted by atomic mass is 9.98. The van der Waals surface area contributed by atoms with Gasteiger partial charge in [0.25, 0.3) is 5.91 Å². The van der Waals surface area contributed by atoms with Crippen molar-refractivity contribution < 1.29 is 13.9 Å². The van der Waals surface area contributed by atoms with Crippen molar-refractivity contribution in [2.75, 3.05) is 44.4 Å². The fourth-order valence-corrected chi connectivity index (χ4v) is 4.58. The highest BCUT2D eigenvalue weighted by atomic mass is 32.2. The molecule has 1 saturated heterocycles. The third-order valence-corrected chi connectivity index (χ3v) is 6.99. The lowest BCUT2D eigenvalue weighted by Crippen LogP contribution is -2.48. The highest BCUT2D eigenvalue weighted by Crippen LogP contribution is 2.30. The van der Waals surface area contributed by atoms with E-state index in [0.717, 1.165) is 40.4 Å². The van der Waals surface area contributed by atoms with Crippen LogP contribution in [0.25, 0.3) is 11.1 Å². The molecule has 1 aliphatic rings. The topological polar surface area (TPSA) is 32.8 Å². The molecule has 0 saturated carbocycles. The number of benzene rings is 3. The van der Waals surface area contributed by atoms with Crippen LogP contribution in [-0.4, -0.2) is 50.4 Å². The predicted octanol–water partition coefficient (Wildman–Crippen LogP) is 5.88. The molecule has 3 aromatic carbocycles. The van der Waals surface area contributed by atoms with Gasteiger partial charge in [-0.1, -0.05) is 30.3 Å². The average molecular weight is 465 g/mol. The molecule has 3 aromatic rings. The van der Waals surface area contributed by atoms with Gasteiger partial charge >= 0.3 is 0 Å². The van der Waals surface area contributed by atoms with Crippen LogP contribution in [0.3, 0.4) is 0 Å². The van der Waals surface area contributed by atoms with Crippen molar-refractivity contribution in [1.82, 2.24) is 4.90 Å². The summed E-state index contributed by atoms with van der Waals surface area (Å²) >= 11 is 1.61. The molecule has 1 aliphatic heterocycles. The highest BCUT2D eigenvalue weighted by Gasteiger charge is 2.25. The van der Waals surface area contributed by atoms with E-state index in [2.05, 4.69) is 29.2 Å². The number of carbonyl (C=O) groups is 1. The standard InChI is InChI=1S/C27H29FN2O2S/c1-19(32-2)20-6-10-23(11-7-20)29-14-16-30(17-15-29)27(31)26-18-24(33-3)12-13-25(26)21-4-8-22(28)9-5-21/h4-13,18-19H,14-17H2,1-3H3. The summed E-state index contributed by atoms with van der Waals surface area (Å²) in [4.78, 5) is 18.8. The van der Waals surface area contributed by atoms with Crippen LogP contribution in [0.1, 0.15) is 28.9 Å². The lowest BCUT2D eigenvalue weighted by molar-refractivity contribution is 0.0747. The number of methoxy groups -OCH3 is 1. The Morgan fingerprint density at radius 2 is 1.64 bits per heavy atom. The van der Waals surface area contributed by atoms with E-state index in [1.54, 1.807) is 31.0 Å². The molecule has 1 amide bonds. The van der Waals surface area contributed by atoms with Crippen LogP contribution in [-0.2, 0) is 4.74 Å². The van der Waals surface area contributed by atoms with E-state index in [0.29, 0.717) is 18.7 Å². The molecule has 0 aromatic heterocycles. The van der Waals surface area contributed by atoms with Crippen LogP contribution in [0.15, 0.2) is 71.6 Å². The molecule has 4 rings (SSSR count). The van der Waals surface area contributed by atoms with Crippen LogP contribution >= 0.6 is 11.8 Å². The Kier molecular flexibility index (Phi) is 7.36. The molecule has 0 aliphatic carbocycles. The molecule has 0 radical (unpaired) electrons. The van der Waals surface area contributed by atoms with Gasteiger partial charge in [-0.3, -0.25) is 4.79 Å². The fourth-order valence-electron chi connectivity index (χ4n) is 4.14. The predicted molar refractivity (Wildman–Crippen MR) is 134 cm³/mol. The van der Waals surface area contributed by atoms with Crippen LogP contribution in [0, 0.1) is 5.82 Å². The van der Waals surface area contributed by atoms with E-state index >= 15 is 0 Å². The van der Waals surface area contributed by atoms with Gasteiger partial charge in [0.05, 0.1) is 6.10 Å². The second kappa shape index (κ2) is 10.4. The largest absolute Gasteiger partial charge is 0.377 e. The third-order valence-electron chi connectivity index (χ3n) is 6.26. The van der Waals surface area contributed by atoms with Gasteiger partial charge in [0.15, 0.2) is 0 Å². The molecule has 1 unspecified atom stereocenters. The molecule has 4 nitrogen and oxygen atoms in total. The molecule has 33 heavy (non-hydrogen) atoms. The first-order chi connectivity index (χ1) is 16.0. The number of amides is 1. The zero-order valence-corrected chi connectivity index (χ0v) is 20.1. The first-order valence-corrected chi connectivity index (χ1v) is 12.3. The van der Waals surface area contributed by atoms with Crippen LogP contribution < -0.4 is 4.90 Å². The number of ether oxygens (including phenoxy) is 1. The Morgan fingerprint density at radius 3 is 2.24 bits per heavy atom. The summed E-state index contributed by atoms with van der Waals surface area (Å²) < 4.78 is 18.8. The number of halogens is 1. The Bertz CT molecular complexity index is 1090. The first-order valence-electron chi connectivity index (χ1n) is 11.1. The highest BCUT2D eigenvalue weighted by molar-refractivity contribution is 7.98. The van der Waals surface area contributed by atoms with Crippen molar-refractivity contribution in [3.05, 3.63) is 83.7 Å². The minimum absolute atomic E-state index is 0.0224. The normalized spacial score (nSPS) is 14.9. The average Bonchev–Trinajstić information content (AvgIpc) is 2.88. The number of nitrogens with zero attached hydrogens (tertiary/aromatic N) is 2. The van der Waals surface area contributed by atoms with Crippen molar-refractivity contribution in [2.24, 2.45) is 0 Å². The molecule has 1 heterocycles. The summed E-state index contributed by atoms with van der Waals surface area (Å²) in [6, 6.07) is 20.7. The third kappa shape index (κ3) is 5.23. The van der Waals surface area contributed by atoms with E-state index in [9.17, 15) is 9.18 Å². The summed E-state index contributed by atoms with van der Waals surface area (Å²) in [5.41, 5.74) is 4.65. The molecule has 1 fully saturated rings. The van der Waals surface area contributed by atoms with Crippen LogP contribution in [0.5, 0.6) is 0 Å². The number of piperazine rings is 1. The SMILES string of the molecule is COC(C)c1ccc(N2CCN(C(=O)c3cc(SC)ccc3-c3ccc(F)cc3)CC2)cc1. The molecule has 0 N–H and O–H groups in total. The van der Waals surface area contributed by atoms with Gasteiger partial charge in [-0.05, 0) is 66.3 Å². The van der Waals surface area contributed by atoms with E-state index in [1.165, 1.54) is 12.1 Å². The smallest absolute Gasteiger partial charge is 0.254 e. The summed E-state index contributed by atoms with van der Waals surface area (Å²) in [6.45, 7) is 4.90. The Labute approximate surface area is 199 Å². The van der Waals surface area contributed by atoms with E-state index in [1.807, 2.05) is 36.3 Å². The summed E-state index contributed by atoms with van der Waals surface area (Å²) in [7, 11) is 1.71. The number of carbonyl (C=O) groups excluding carboxylic acids is 1. The van der Waals surface area contributed by atoms with Crippen molar-refractivity contribution in [2.45, 2.75) is 17.9 Å². The molecule has 172 valence electrons. The van der Waals surface area contributed by atoms with E-state index in [-0.39, 0.29) is 17.8 Å². The van der Waals surface area contributed by atoms with Gasteiger partial charge in [0.2, 0.25) is 0 Å². The molecular formula is C27H29FN2O2S. The summed E-state index contributed by atoms with van der Waals surface area (Å²) in [5.74, 6) is -0.262. The molecule has 1 atom stereocenters. The van der Waals surface area contributed by atoms with Gasteiger partial charge in [-0.2, -0.15) is 0 Å². The monoisotopic (exact) mass is 464 g/mol. The number of hydrogen-bond donors (Lipinski definition) is 0. The summed E-state index contributed by atoms with van der Waals surface area (Å²) in [6.07, 6.45) is 2.07. The maximum Gasteiger partial charge on any atom is 0.254 e. The molecular weight excluding hydrogens is 435 g/mol. The molecule has 0 bridgehead atoms. The van der Waals surface area contributed by atoms with Crippen molar-refractivity contribution >= 4 is 23.4 Å². The van der Waals surface area contributed by atoms with Gasteiger partial charge in [0, 0.05) is 49.4 Å². The van der Waals surface area contributed by atoms with Crippen molar-refractivity contribution in [3.63, 3.8) is 0 Å². The maximum absolute atomic E-state index is 13.5. The number of thioether (sulfide) groups is 1. The minimum atomic E-state index is -0.284. The number of hydrogen-bond acceptors (Lipinski definition) is 4. The summed E-state index contributed by atoms with van der Waals surface area (Å²) in [5, 5.41) is 0. The first kappa shape index (κ1) is 23.3. The Balaban J connectivity index is 1.50. The Morgan fingerprint density at radius 1 is 0.970 bits per heavy atom. The van der Waals surface area contributed by atoms with Crippen molar-refractivity contribution in [3.8, 4) is 11.1 Å². The fraction of sp³-hybridized carbons (Fsp3) is 0.296. The second-order valence-electron chi connectivity index (χ2n) is 8.17. The maximum atomic E-state index is 13.5. The lowest BCUT2D eigenvalue weighted by Gasteiger charge is -2.36. The zero-order chi connectivity index (χ0) is 23.4. The van der Waals surface area contributed by atoms with Gasteiger partial charge in [-0.25, -0.2) is 4.39 Å². The minimum Gasteiger partial charge on any atom is -0.377 e. The van der Waals surface area contributed by atoms with Crippen LogP contribution in [0.4, 0.5) is 10.1 Å². The molecule has 6 heteroatoms. The quantitative estimate of drug-likeness (QED) is 0.426. The zero-order valence-electron chi connectivity index (χ0n) is 19.3.